The molecule has 1 amide bonds. The van der Waals surface area contributed by atoms with Gasteiger partial charge in [-0.1, -0.05) is 35.3 Å². The number of fused-ring (bicyclic) bond motifs is 1. The number of rotatable bonds is 4. The second-order valence-corrected chi connectivity index (χ2v) is 7.62. The molecule has 1 aliphatic rings. The Kier molecular flexibility index (Phi) is 5.35. The molecule has 6 nitrogen and oxygen atoms in total. The number of aromatic amines is 1. The molecule has 4 rings (SSSR count). The van der Waals surface area contributed by atoms with Gasteiger partial charge in [0.1, 0.15) is 5.82 Å². The van der Waals surface area contributed by atoms with Crippen LogP contribution < -0.4 is 10.9 Å². The number of likely N-dealkylation sites (tertiary alicyclic amines) is 1. The van der Waals surface area contributed by atoms with Crippen LogP contribution in [-0.2, 0) is 11.3 Å². The number of nitrogens with zero attached hydrogens (tertiary/aromatic N) is 2. The van der Waals surface area contributed by atoms with Crippen LogP contribution in [0.2, 0.25) is 10.0 Å². The van der Waals surface area contributed by atoms with E-state index in [-0.39, 0.29) is 17.5 Å². The third-order valence-corrected chi connectivity index (χ3v) is 5.43. The summed E-state index contributed by atoms with van der Waals surface area (Å²) in [5.74, 6) is 0.397. The highest BCUT2D eigenvalue weighted by Gasteiger charge is 2.31. The zero-order valence-electron chi connectivity index (χ0n) is 14.9. The zero-order chi connectivity index (χ0) is 19.7. The van der Waals surface area contributed by atoms with E-state index in [1.165, 1.54) is 0 Å². The molecule has 1 aromatic heterocycles. The predicted molar refractivity (Wildman–Crippen MR) is 111 cm³/mol. The summed E-state index contributed by atoms with van der Waals surface area (Å²) in [6, 6.07) is 11.8. The fourth-order valence-electron chi connectivity index (χ4n) is 3.52. The number of hydrogen-bond donors (Lipinski definition) is 2. The van der Waals surface area contributed by atoms with Gasteiger partial charge in [-0.05, 0) is 49.7 Å². The van der Waals surface area contributed by atoms with Crippen molar-refractivity contribution >= 4 is 45.7 Å². The molecular formula is C20H18Cl2N4O2. The summed E-state index contributed by atoms with van der Waals surface area (Å²) < 4.78 is 0. The molecule has 1 fully saturated rings. The summed E-state index contributed by atoms with van der Waals surface area (Å²) in [4.78, 5) is 34.5. The lowest BCUT2D eigenvalue weighted by Gasteiger charge is -2.23. The second-order valence-electron chi connectivity index (χ2n) is 6.77. The maximum Gasteiger partial charge on any atom is 0.258 e. The van der Waals surface area contributed by atoms with E-state index < -0.39 is 0 Å². The van der Waals surface area contributed by atoms with Crippen LogP contribution >= 0.6 is 23.2 Å². The van der Waals surface area contributed by atoms with Gasteiger partial charge in [0.15, 0.2) is 0 Å². The number of H-pyrrole nitrogens is 1. The van der Waals surface area contributed by atoms with Gasteiger partial charge in [0.25, 0.3) is 5.56 Å². The largest absolute Gasteiger partial charge is 0.323 e. The minimum absolute atomic E-state index is 0.148. The van der Waals surface area contributed by atoms with Gasteiger partial charge in [-0.25, -0.2) is 4.98 Å². The van der Waals surface area contributed by atoms with E-state index in [0.29, 0.717) is 39.0 Å². The van der Waals surface area contributed by atoms with Gasteiger partial charge in [-0.2, -0.15) is 0 Å². The highest BCUT2D eigenvalue weighted by Crippen LogP contribution is 2.27. The first kappa shape index (κ1) is 18.9. The van der Waals surface area contributed by atoms with Crippen LogP contribution in [0.25, 0.3) is 10.9 Å². The van der Waals surface area contributed by atoms with Crippen molar-refractivity contribution in [3.05, 3.63) is 68.7 Å². The molecule has 0 spiro atoms. The SMILES string of the molecule is O=C(Nc1cc(Cl)ccc1Cl)[C@H]1CCCN1Cc1nc2ccccc2c(=O)[nH]1. The molecule has 0 saturated carbocycles. The van der Waals surface area contributed by atoms with E-state index in [0.717, 1.165) is 19.4 Å². The Balaban J connectivity index is 1.53. The van der Waals surface area contributed by atoms with Crippen LogP contribution in [0, 0.1) is 0 Å². The number of para-hydroxylation sites is 1. The summed E-state index contributed by atoms with van der Waals surface area (Å²) in [6.07, 6.45) is 1.61. The smallest absolute Gasteiger partial charge is 0.258 e. The third-order valence-electron chi connectivity index (χ3n) is 4.87. The fraction of sp³-hybridized carbons (Fsp3) is 0.250. The third kappa shape index (κ3) is 3.90. The normalized spacial score (nSPS) is 17.1. The predicted octanol–water partition coefficient (Wildman–Crippen LogP) is 3.83. The van der Waals surface area contributed by atoms with E-state index in [1.54, 1.807) is 30.3 Å². The number of aromatic nitrogens is 2. The monoisotopic (exact) mass is 416 g/mol. The lowest BCUT2D eigenvalue weighted by atomic mass is 10.2. The minimum atomic E-state index is -0.327. The molecule has 28 heavy (non-hydrogen) atoms. The molecule has 1 aliphatic heterocycles. The standard InChI is InChI=1S/C20H18Cl2N4O2/c21-12-7-8-14(22)16(10-12)24-20(28)17-6-3-9-26(17)11-18-23-15-5-2-1-4-13(15)19(27)25-18/h1-2,4-5,7-8,10,17H,3,6,9,11H2,(H,24,28)(H,23,25,27)/t17-/m1/s1. The number of anilines is 1. The summed E-state index contributed by atoms with van der Waals surface area (Å²) in [7, 11) is 0. The molecule has 0 unspecified atom stereocenters. The van der Waals surface area contributed by atoms with Crippen LogP contribution in [0.3, 0.4) is 0 Å². The number of amides is 1. The van der Waals surface area contributed by atoms with Crippen molar-refractivity contribution < 1.29 is 4.79 Å². The molecular weight excluding hydrogens is 399 g/mol. The highest BCUT2D eigenvalue weighted by atomic mass is 35.5. The van der Waals surface area contributed by atoms with Crippen molar-refractivity contribution in [2.24, 2.45) is 0 Å². The van der Waals surface area contributed by atoms with Crippen molar-refractivity contribution in [1.82, 2.24) is 14.9 Å². The van der Waals surface area contributed by atoms with Gasteiger partial charge in [-0.15, -0.1) is 0 Å². The Morgan fingerprint density at radius 2 is 2.07 bits per heavy atom. The van der Waals surface area contributed by atoms with Gasteiger partial charge in [0, 0.05) is 5.02 Å². The van der Waals surface area contributed by atoms with E-state index in [2.05, 4.69) is 15.3 Å². The van der Waals surface area contributed by atoms with Crippen molar-refractivity contribution in [3.8, 4) is 0 Å². The Morgan fingerprint density at radius 1 is 1.25 bits per heavy atom. The number of carbonyl (C=O) groups is 1. The molecule has 8 heteroatoms. The van der Waals surface area contributed by atoms with Crippen LogP contribution in [0.4, 0.5) is 5.69 Å². The maximum atomic E-state index is 12.8. The summed E-state index contributed by atoms with van der Waals surface area (Å²) in [5, 5.41) is 4.35. The topological polar surface area (TPSA) is 78.1 Å². The van der Waals surface area contributed by atoms with Crippen molar-refractivity contribution in [1.29, 1.82) is 0 Å². The molecule has 144 valence electrons. The number of carbonyl (C=O) groups excluding carboxylic acids is 1. The summed E-state index contributed by atoms with van der Waals surface area (Å²) in [5.41, 5.74) is 0.960. The number of halogens is 2. The fourth-order valence-corrected chi connectivity index (χ4v) is 3.86. The Labute approximate surface area is 171 Å². The molecule has 2 aromatic carbocycles. The van der Waals surface area contributed by atoms with Crippen LogP contribution in [0.15, 0.2) is 47.3 Å². The van der Waals surface area contributed by atoms with E-state index in [1.807, 2.05) is 17.0 Å². The van der Waals surface area contributed by atoms with Crippen molar-refractivity contribution in [3.63, 3.8) is 0 Å². The minimum Gasteiger partial charge on any atom is -0.323 e. The Morgan fingerprint density at radius 3 is 2.93 bits per heavy atom. The lowest BCUT2D eigenvalue weighted by molar-refractivity contribution is -0.120. The quantitative estimate of drug-likeness (QED) is 0.677. The first-order valence-electron chi connectivity index (χ1n) is 8.99. The van der Waals surface area contributed by atoms with Crippen LogP contribution in [-0.4, -0.2) is 33.4 Å². The van der Waals surface area contributed by atoms with Crippen molar-refractivity contribution in [2.75, 3.05) is 11.9 Å². The number of nitrogens with one attached hydrogen (secondary N) is 2. The second kappa shape index (κ2) is 7.91. The average Bonchev–Trinajstić information content (AvgIpc) is 3.13. The molecule has 2 N–H and O–H groups in total. The highest BCUT2D eigenvalue weighted by molar-refractivity contribution is 6.35. The number of hydrogen-bond acceptors (Lipinski definition) is 4. The maximum absolute atomic E-state index is 12.8. The van der Waals surface area contributed by atoms with Gasteiger partial charge in [0.05, 0.1) is 34.2 Å². The van der Waals surface area contributed by atoms with E-state index in [9.17, 15) is 9.59 Å². The van der Waals surface area contributed by atoms with Crippen LogP contribution in [0.5, 0.6) is 0 Å². The Bertz CT molecular complexity index is 1100. The molecule has 1 atom stereocenters. The molecule has 2 heterocycles. The average molecular weight is 417 g/mol. The first-order chi connectivity index (χ1) is 13.5. The van der Waals surface area contributed by atoms with Gasteiger partial charge < -0.3 is 10.3 Å². The van der Waals surface area contributed by atoms with Crippen LogP contribution in [0.1, 0.15) is 18.7 Å². The van der Waals surface area contributed by atoms with E-state index in [4.69, 9.17) is 23.2 Å². The lowest BCUT2D eigenvalue weighted by Crippen LogP contribution is -2.39. The van der Waals surface area contributed by atoms with Gasteiger partial charge >= 0.3 is 0 Å². The molecule has 0 bridgehead atoms. The first-order valence-corrected chi connectivity index (χ1v) is 9.75. The van der Waals surface area contributed by atoms with Gasteiger partial charge in [-0.3, -0.25) is 14.5 Å². The number of benzene rings is 2. The van der Waals surface area contributed by atoms with Gasteiger partial charge in [0.2, 0.25) is 5.91 Å². The molecule has 0 radical (unpaired) electrons. The summed E-state index contributed by atoms with van der Waals surface area (Å²) in [6.45, 7) is 1.14. The van der Waals surface area contributed by atoms with Crippen molar-refractivity contribution in [2.45, 2.75) is 25.4 Å². The summed E-state index contributed by atoms with van der Waals surface area (Å²) >= 11 is 12.1. The molecule has 1 saturated heterocycles. The molecule has 3 aromatic rings. The van der Waals surface area contributed by atoms with E-state index >= 15 is 0 Å². The zero-order valence-corrected chi connectivity index (χ0v) is 16.4. The Hall–Kier alpha value is -2.41. The molecule has 0 aliphatic carbocycles.